The molecule has 0 aliphatic rings. The molecule has 1 atom stereocenters. The van der Waals surface area contributed by atoms with Gasteiger partial charge in [0.2, 0.25) is 0 Å². The number of amides is 1. The predicted molar refractivity (Wildman–Crippen MR) is 80.9 cm³/mol. The van der Waals surface area contributed by atoms with E-state index in [9.17, 15) is 9.59 Å². The molecular weight excluding hydrogens is 343 g/mol. The topological polar surface area (TPSA) is 62.0 Å². The molecule has 0 aromatic carbocycles. The maximum atomic E-state index is 11.9. The number of rotatable bonds is 5. The normalized spacial score (nSPS) is 12.2. The molecule has 4 nitrogen and oxygen atoms in total. The molecule has 0 bridgehead atoms. The molecule has 0 aliphatic carbocycles. The van der Waals surface area contributed by atoms with Crippen molar-refractivity contribution >= 4 is 28.5 Å². The summed E-state index contributed by atoms with van der Waals surface area (Å²) in [5, 5.41) is 2.79. The summed E-state index contributed by atoms with van der Waals surface area (Å²) < 4.78 is 0.920. The van der Waals surface area contributed by atoms with Crippen LogP contribution >= 0.6 is 22.6 Å². The van der Waals surface area contributed by atoms with Crippen LogP contribution in [0.4, 0.5) is 0 Å². The average molecular weight is 362 g/mol. The number of nitrogens with one attached hydrogen (secondary N) is 2. The summed E-state index contributed by atoms with van der Waals surface area (Å²) in [6.07, 6.45) is 1.76. The van der Waals surface area contributed by atoms with Crippen molar-refractivity contribution in [1.82, 2.24) is 10.3 Å². The first-order valence-electron chi connectivity index (χ1n) is 6.19. The van der Waals surface area contributed by atoms with Crippen molar-refractivity contribution in [2.45, 2.75) is 33.6 Å². The Labute approximate surface area is 121 Å². The first-order valence-corrected chi connectivity index (χ1v) is 7.27. The summed E-state index contributed by atoms with van der Waals surface area (Å²) in [5.41, 5.74) is 0.757. The van der Waals surface area contributed by atoms with Gasteiger partial charge in [-0.15, -0.1) is 0 Å². The molecule has 0 saturated heterocycles. The lowest BCUT2D eigenvalue weighted by Crippen LogP contribution is -2.33. The standard InChI is InChI=1S/C13H19IN2O2/c1-4-8(3)7-15-12(17)9-6-10(14)11(5-2)16-13(9)18/h6,8H,4-5,7H2,1-3H3,(H,15,17)(H,16,18)/t8-/m1/s1. The number of hydrogen-bond acceptors (Lipinski definition) is 2. The summed E-state index contributed by atoms with van der Waals surface area (Å²) >= 11 is 2.14. The van der Waals surface area contributed by atoms with Crippen LogP contribution in [0.2, 0.25) is 0 Å². The van der Waals surface area contributed by atoms with Crippen LogP contribution in [0.1, 0.15) is 43.2 Å². The number of halogens is 1. The first kappa shape index (κ1) is 15.2. The Morgan fingerprint density at radius 2 is 2.17 bits per heavy atom. The second-order valence-corrected chi connectivity index (χ2v) is 5.58. The molecule has 5 heteroatoms. The molecule has 0 saturated carbocycles. The van der Waals surface area contributed by atoms with Gasteiger partial charge in [-0.25, -0.2) is 0 Å². The van der Waals surface area contributed by atoms with Gasteiger partial charge < -0.3 is 10.3 Å². The molecule has 1 amide bonds. The third-order valence-corrected chi connectivity index (χ3v) is 3.94. The van der Waals surface area contributed by atoms with Gasteiger partial charge in [0.15, 0.2) is 0 Å². The number of aromatic nitrogens is 1. The van der Waals surface area contributed by atoms with Gasteiger partial charge in [-0.1, -0.05) is 27.2 Å². The van der Waals surface area contributed by atoms with E-state index in [0.29, 0.717) is 12.5 Å². The molecule has 2 N–H and O–H groups in total. The maximum absolute atomic E-state index is 11.9. The maximum Gasteiger partial charge on any atom is 0.261 e. The Bertz CT molecular complexity index is 482. The largest absolute Gasteiger partial charge is 0.352 e. The van der Waals surface area contributed by atoms with Crippen molar-refractivity contribution in [3.05, 3.63) is 31.2 Å². The predicted octanol–water partition coefficient (Wildman–Crippen LogP) is 2.32. The van der Waals surface area contributed by atoms with E-state index in [1.54, 1.807) is 6.07 Å². The smallest absolute Gasteiger partial charge is 0.261 e. The average Bonchev–Trinajstić information content (AvgIpc) is 2.37. The van der Waals surface area contributed by atoms with Crippen molar-refractivity contribution in [3.8, 4) is 0 Å². The van der Waals surface area contributed by atoms with Crippen LogP contribution in [0.15, 0.2) is 10.9 Å². The van der Waals surface area contributed by atoms with Gasteiger partial charge >= 0.3 is 0 Å². The third kappa shape index (κ3) is 3.83. The van der Waals surface area contributed by atoms with Crippen molar-refractivity contribution in [2.24, 2.45) is 5.92 Å². The van der Waals surface area contributed by atoms with Crippen LogP contribution in [0, 0.1) is 9.49 Å². The number of H-pyrrole nitrogens is 1. The van der Waals surface area contributed by atoms with Gasteiger partial charge in [0.1, 0.15) is 5.56 Å². The van der Waals surface area contributed by atoms with E-state index in [2.05, 4.69) is 46.7 Å². The van der Waals surface area contributed by atoms with Crippen LogP contribution in [0.5, 0.6) is 0 Å². The first-order chi connectivity index (χ1) is 8.49. The molecule has 0 fully saturated rings. The van der Waals surface area contributed by atoms with Gasteiger partial charge in [0, 0.05) is 15.8 Å². The van der Waals surface area contributed by atoms with E-state index >= 15 is 0 Å². The fraction of sp³-hybridized carbons (Fsp3) is 0.538. The molecule has 1 aromatic heterocycles. The van der Waals surface area contributed by atoms with Crippen molar-refractivity contribution in [1.29, 1.82) is 0 Å². The van der Waals surface area contributed by atoms with E-state index in [1.165, 1.54) is 0 Å². The number of aromatic amines is 1. The lowest BCUT2D eigenvalue weighted by molar-refractivity contribution is 0.0946. The zero-order valence-corrected chi connectivity index (χ0v) is 13.1. The Kier molecular flexibility index (Phi) is 5.84. The second-order valence-electron chi connectivity index (χ2n) is 4.42. The van der Waals surface area contributed by atoms with Crippen molar-refractivity contribution in [2.75, 3.05) is 6.54 Å². The molecule has 0 unspecified atom stereocenters. The highest BCUT2D eigenvalue weighted by Gasteiger charge is 2.13. The minimum atomic E-state index is -0.311. The highest BCUT2D eigenvalue weighted by atomic mass is 127. The van der Waals surface area contributed by atoms with Gasteiger partial charge in [-0.3, -0.25) is 9.59 Å². The summed E-state index contributed by atoms with van der Waals surface area (Å²) in [6, 6.07) is 1.66. The summed E-state index contributed by atoms with van der Waals surface area (Å²) in [4.78, 5) is 26.4. The number of pyridine rings is 1. The minimum Gasteiger partial charge on any atom is -0.352 e. The molecule has 1 aromatic rings. The van der Waals surface area contributed by atoms with E-state index in [0.717, 1.165) is 22.1 Å². The zero-order valence-electron chi connectivity index (χ0n) is 11.0. The quantitative estimate of drug-likeness (QED) is 0.790. The van der Waals surface area contributed by atoms with Crippen molar-refractivity contribution < 1.29 is 4.79 Å². The Morgan fingerprint density at radius 3 is 2.72 bits per heavy atom. The third-order valence-electron chi connectivity index (χ3n) is 2.97. The number of carbonyl (C=O) groups excluding carboxylic acids is 1. The van der Waals surface area contributed by atoms with E-state index in [1.807, 2.05) is 6.92 Å². The number of carbonyl (C=O) groups is 1. The highest BCUT2D eigenvalue weighted by Crippen LogP contribution is 2.10. The van der Waals surface area contributed by atoms with Crippen LogP contribution in [-0.4, -0.2) is 17.4 Å². The van der Waals surface area contributed by atoms with Crippen LogP contribution in [0.25, 0.3) is 0 Å². The lowest BCUT2D eigenvalue weighted by Gasteiger charge is -2.10. The summed E-state index contributed by atoms with van der Waals surface area (Å²) in [5.74, 6) is 0.124. The highest BCUT2D eigenvalue weighted by molar-refractivity contribution is 14.1. The molecule has 1 rings (SSSR count). The van der Waals surface area contributed by atoms with Crippen LogP contribution in [0.3, 0.4) is 0 Å². The lowest BCUT2D eigenvalue weighted by atomic mass is 10.1. The van der Waals surface area contributed by atoms with Gasteiger partial charge in [0.25, 0.3) is 11.5 Å². The minimum absolute atomic E-state index is 0.194. The summed E-state index contributed by atoms with van der Waals surface area (Å²) in [6.45, 7) is 6.70. The molecular formula is C13H19IN2O2. The van der Waals surface area contributed by atoms with Gasteiger partial charge in [-0.05, 0) is 41.0 Å². The van der Waals surface area contributed by atoms with Crippen LogP contribution in [-0.2, 0) is 6.42 Å². The fourth-order valence-electron chi connectivity index (χ4n) is 1.48. The van der Waals surface area contributed by atoms with Crippen molar-refractivity contribution in [3.63, 3.8) is 0 Å². The van der Waals surface area contributed by atoms with E-state index < -0.39 is 0 Å². The number of hydrogen-bond donors (Lipinski definition) is 2. The Morgan fingerprint density at radius 1 is 1.50 bits per heavy atom. The second kappa shape index (κ2) is 6.92. The SMILES string of the molecule is CCc1[nH]c(=O)c(C(=O)NC[C@H](C)CC)cc1I. The van der Waals surface area contributed by atoms with E-state index in [4.69, 9.17) is 0 Å². The molecule has 0 spiro atoms. The number of aryl methyl sites for hydroxylation is 1. The molecule has 0 radical (unpaired) electrons. The summed E-state index contributed by atoms with van der Waals surface area (Å²) in [7, 11) is 0. The van der Waals surface area contributed by atoms with Gasteiger partial charge in [-0.2, -0.15) is 0 Å². The fourth-order valence-corrected chi connectivity index (χ4v) is 2.30. The zero-order chi connectivity index (χ0) is 13.7. The molecule has 1 heterocycles. The van der Waals surface area contributed by atoms with Crippen LogP contribution < -0.4 is 10.9 Å². The Hall–Kier alpha value is -0.850. The molecule has 100 valence electrons. The van der Waals surface area contributed by atoms with Gasteiger partial charge in [0.05, 0.1) is 0 Å². The monoisotopic (exact) mass is 362 g/mol. The molecule has 0 aliphatic heterocycles. The van der Waals surface area contributed by atoms with E-state index in [-0.39, 0.29) is 17.0 Å². The molecule has 18 heavy (non-hydrogen) atoms. The Balaban J connectivity index is 2.87.